The Morgan fingerprint density at radius 1 is 1.29 bits per heavy atom. The molecule has 0 fully saturated rings. The fourth-order valence-corrected chi connectivity index (χ4v) is 2.77. The lowest BCUT2D eigenvalue weighted by atomic mass is 10.0. The van der Waals surface area contributed by atoms with E-state index >= 15 is 0 Å². The summed E-state index contributed by atoms with van der Waals surface area (Å²) in [6.07, 6.45) is 2.43. The van der Waals surface area contributed by atoms with Gasteiger partial charge in [-0.15, -0.1) is 0 Å². The van der Waals surface area contributed by atoms with Crippen LogP contribution in [0.15, 0.2) is 42.6 Å². The van der Waals surface area contributed by atoms with E-state index in [4.69, 9.17) is 5.21 Å². The molecule has 0 aliphatic rings. The molecule has 2 aromatic carbocycles. The van der Waals surface area contributed by atoms with Gasteiger partial charge in [0.25, 0.3) is 11.6 Å². The fraction of sp³-hybridized carbons (Fsp3) is 0.118. The zero-order valence-electron chi connectivity index (χ0n) is 12.9. The van der Waals surface area contributed by atoms with Crippen molar-refractivity contribution in [2.24, 2.45) is 0 Å². The van der Waals surface area contributed by atoms with Crippen LogP contribution in [0.3, 0.4) is 0 Å². The van der Waals surface area contributed by atoms with Crippen molar-refractivity contribution in [3.8, 4) is 0 Å². The number of nitro groups is 1. The second-order valence-corrected chi connectivity index (χ2v) is 5.57. The lowest BCUT2D eigenvalue weighted by Gasteiger charge is -2.05. The number of aromatic amines is 1. The third-order valence-corrected chi connectivity index (χ3v) is 3.98. The van der Waals surface area contributed by atoms with Crippen molar-refractivity contribution in [2.75, 3.05) is 0 Å². The van der Waals surface area contributed by atoms with Gasteiger partial charge in [-0.2, -0.15) is 0 Å². The van der Waals surface area contributed by atoms with Crippen molar-refractivity contribution in [3.05, 3.63) is 75.0 Å². The Labute approximate surface area is 137 Å². The van der Waals surface area contributed by atoms with Gasteiger partial charge in [-0.1, -0.05) is 12.1 Å². The molecule has 0 unspecified atom stereocenters. The highest BCUT2D eigenvalue weighted by molar-refractivity contribution is 5.99. The van der Waals surface area contributed by atoms with E-state index in [9.17, 15) is 14.9 Å². The Kier molecular flexibility index (Phi) is 4.01. The van der Waals surface area contributed by atoms with Crippen molar-refractivity contribution in [2.45, 2.75) is 13.3 Å². The van der Waals surface area contributed by atoms with Crippen LogP contribution in [0.2, 0.25) is 0 Å². The van der Waals surface area contributed by atoms with Crippen LogP contribution in [-0.4, -0.2) is 21.0 Å². The third-order valence-electron chi connectivity index (χ3n) is 3.98. The molecule has 7 nitrogen and oxygen atoms in total. The van der Waals surface area contributed by atoms with E-state index in [-0.39, 0.29) is 5.69 Å². The quantitative estimate of drug-likeness (QED) is 0.389. The molecular weight excluding hydrogens is 310 g/mol. The number of hydroxylamine groups is 1. The van der Waals surface area contributed by atoms with E-state index in [0.717, 1.165) is 27.6 Å². The summed E-state index contributed by atoms with van der Waals surface area (Å²) in [4.78, 5) is 25.1. The Morgan fingerprint density at radius 2 is 2.00 bits per heavy atom. The van der Waals surface area contributed by atoms with Crippen LogP contribution in [0.25, 0.3) is 10.9 Å². The number of non-ortho nitro benzene ring substituents is 1. The summed E-state index contributed by atoms with van der Waals surface area (Å²) in [7, 11) is 0. The summed E-state index contributed by atoms with van der Waals surface area (Å²) in [6, 6.07) is 9.79. The second kappa shape index (κ2) is 6.13. The number of rotatable bonds is 4. The molecular formula is C17H15N3O4. The predicted octanol–water partition coefficient (Wildman–Crippen LogP) is 3.09. The number of hydrogen-bond donors (Lipinski definition) is 3. The van der Waals surface area contributed by atoms with E-state index in [0.29, 0.717) is 12.0 Å². The first-order valence-electron chi connectivity index (χ1n) is 7.28. The molecule has 1 aromatic heterocycles. The largest absolute Gasteiger partial charge is 0.361 e. The van der Waals surface area contributed by atoms with Crippen LogP contribution in [0.5, 0.6) is 0 Å². The fourth-order valence-electron chi connectivity index (χ4n) is 2.77. The standard InChI is InChI=1S/C17H15N3O4/c1-10-6-12(17(21)19-22)8-15-13(9-18-16(10)15)7-11-2-4-14(5-3-11)20(23)24/h2-6,8-9,18,22H,7H2,1H3,(H,19,21). The topological polar surface area (TPSA) is 108 Å². The number of aryl methyl sites for hydroxylation is 1. The number of benzene rings is 2. The van der Waals surface area contributed by atoms with Gasteiger partial charge in [0.05, 0.1) is 4.92 Å². The Balaban J connectivity index is 1.98. The molecule has 1 amide bonds. The van der Waals surface area contributed by atoms with Gasteiger partial charge < -0.3 is 4.98 Å². The number of nitrogens with zero attached hydrogens (tertiary/aromatic N) is 1. The van der Waals surface area contributed by atoms with Gasteiger partial charge >= 0.3 is 0 Å². The van der Waals surface area contributed by atoms with Gasteiger partial charge in [0.2, 0.25) is 0 Å². The zero-order valence-corrected chi connectivity index (χ0v) is 12.9. The molecule has 0 bridgehead atoms. The summed E-state index contributed by atoms with van der Waals surface area (Å²) in [5, 5.41) is 20.4. The van der Waals surface area contributed by atoms with Crippen molar-refractivity contribution in [3.63, 3.8) is 0 Å². The number of carbonyl (C=O) groups excluding carboxylic acids is 1. The lowest BCUT2D eigenvalue weighted by Crippen LogP contribution is -2.18. The maximum atomic E-state index is 11.7. The first-order valence-corrected chi connectivity index (χ1v) is 7.28. The molecule has 0 atom stereocenters. The number of nitro benzene ring substituents is 1. The van der Waals surface area contributed by atoms with Gasteiger partial charge in [0, 0.05) is 34.8 Å². The summed E-state index contributed by atoms with van der Waals surface area (Å²) in [5.41, 5.74) is 5.76. The van der Waals surface area contributed by atoms with Crippen molar-refractivity contribution >= 4 is 22.5 Å². The van der Waals surface area contributed by atoms with E-state index in [1.807, 2.05) is 13.1 Å². The average molecular weight is 325 g/mol. The highest BCUT2D eigenvalue weighted by Gasteiger charge is 2.13. The van der Waals surface area contributed by atoms with Crippen molar-refractivity contribution in [1.82, 2.24) is 10.5 Å². The number of fused-ring (bicyclic) bond motifs is 1. The number of aromatic nitrogens is 1. The smallest absolute Gasteiger partial charge is 0.274 e. The molecule has 0 saturated heterocycles. The number of amides is 1. The van der Waals surface area contributed by atoms with Crippen LogP contribution in [0, 0.1) is 17.0 Å². The predicted molar refractivity (Wildman–Crippen MR) is 88.2 cm³/mol. The monoisotopic (exact) mass is 325 g/mol. The normalized spacial score (nSPS) is 10.8. The molecule has 122 valence electrons. The molecule has 0 radical (unpaired) electrons. The molecule has 0 aliphatic carbocycles. The Bertz CT molecular complexity index is 929. The van der Waals surface area contributed by atoms with Gasteiger partial charge in [-0.25, -0.2) is 5.48 Å². The number of nitrogens with one attached hydrogen (secondary N) is 2. The minimum Gasteiger partial charge on any atom is -0.361 e. The maximum Gasteiger partial charge on any atom is 0.274 e. The summed E-state index contributed by atoms with van der Waals surface area (Å²) in [6.45, 7) is 1.88. The first-order chi connectivity index (χ1) is 11.5. The molecule has 3 rings (SSSR count). The molecule has 0 spiro atoms. The van der Waals surface area contributed by atoms with Gasteiger partial charge in [0.15, 0.2) is 0 Å². The number of H-pyrrole nitrogens is 1. The minimum atomic E-state index is -0.567. The Morgan fingerprint density at radius 3 is 2.62 bits per heavy atom. The van der Waals surface area contributed by atoms with Gasteiger partial charge in [0.1, 0.15) is 0 Å². The van der Waals surface area contributed by atoms with Crippen LogP contribution >= 0.6 is 0 Å². The number of hydrogen-bond acceptors (Lipinski definition) is 4. The van der Waals surface area contributed by atoms with E-state index in [1.54, 1.807) is 29.7 Å². The third kappa shape index (κ3) is 2.84. The van der Waals surface area contributed by atoms with Crippen LogP contribution < -0.4 is 5.48 Å². The second-order valence-electron chi connectivity index (χ2n) is 5.57. The first kappa shape index (κ1) is 15.7. The average Bonchev–Trinajstić information content (AvgIpc) is 2.98. The summed E-state index contributed by atoms with van der Waals surface area (Å²) in [5.74, 6) is -0.567. The summed E-state index contributed by atoms with van der Waals surface area (Å²) < 4.78 is 0. The minimum absolute atomic E-state index is 0.0513. The van der Waals surface area contributed by atoms with Crippen molar-refractivity contribution < 1.29 is 14.9 Å². The number of carbonyl (C=O) groups is 1. The molecule has 3 aromatic rings. The summed E-state index contributed by atoms with van der Waals surface area (Å²) >= 11 is 0. The van der Waals surface area contributed by atoms with E-state index < -0.39 is 10.8 Å². The molecule has 7 heteroatoms. The molecule has 1 heterocycles. The SMILES string of the molecule is Cc1cc(C(=O)NO)cc2c(Cc3ccc([N+](=O)[O-])cc3)c[nH]c12. The van der Waals surface area contributed by atoms with Crippen LogP contribution in [-0.2, 0) is 6.42 Å². The highest BCUT2D eigenvalue weighted by Crippen LogP contribution is 2.26. The molecule has 24 heavy (non-hydrogen) atoms. The van der Waals surface area contributed by atoms with E-state index in [1.165, 1.54) is 12.1 Å². The maximum absolute atomic E-state index is 11.7. The molecule has 0 saturated carbocycles. The van der Waals surface area contributed by atoms with Crippen molar-refractivity contribution in [1.29, 1.82) is 0 Å². The van der Waals surface area contributed by atoms with Crippen LogP contribution in [0.4, 0.5) is 5.69 Å². The van der Waals surface area contributed by atoms with Gasteiger partial charge in [-0.3, -0.25) is 20.1 Å². The molecule has 3 N–H and O–H groups in total. The highest BCUT2D eigenvalue weighted by atomic mass is 16.6. The zero-order chi connectivity index (χ0) is 17.3. The van der Waals surface area contributed by atoms with Crippen LogP contribution in [0.1, 0.15) is 27.0 Å². The van der Waals surface area contributed by atoms with E-state index in [2.05, 4.69) is 4.98 Å². The Hall–Kier alpha value is -3.19. The lowest BCUT2D eigenvalue weighted by molar-refractivity contribution is -0.384. The molecule has 0 aliphatic heterocycles. The van der Waals surface area contributed by atoms with Gasteiger partial charge in [-0.05, 0) is 42.2 Å².